The first-order chi connectivity index (χ1) is 13.1. The maximum absolute atomic E-state index is 12.6. The van der Waals surface area contributed by atoms with Gasteiger partial charge in [0.05, 0.1) is 29.6 Å². The lowest BCUT2D eigenvalue weighted by Gasteiger charge is -2.19. The van der Waals surface area contributed by atoms with Crippen LogP contribution in [-0.2, 0) is 6.54 Å². The molecular weight excluding hydrogens is 362 g/mol. The number of pyridine rings is 1. The van der Waals surface area contributed by atoms with Crippen LogP contribution in [-0.4, -0.2) is 25.0 Å². The van der Waals surface area contributed by atoms with Crippen molar-refractivity contribution in [2.24, 2.45) is 0 Å². The fourth-order valence-corrected chi connectivity index (χ4v) is 2.91. The number of carbonyl (C=O) groups excluding carboxylic acids is 1. The smallest absolute Gasteiger partial charge is 0.257 e. The van der Waals surface area contributed by atoms with Gasteiger partial charge in [0.25, 0.3) is 5.91 Å². The Morgan fingerprint density at radius 1 is 1.15 bits per heavy atom. The molecule has 2 aromatic carbocycles. The predicted octanol–water partition coefficient (Wildman–Crippen LogP) is 4.63. The second kappa shape index (κ2) is 8.56. The summed E-state index contributed by atoms with van der Waals surface area (Å²) >= 11 is 6.11. The Bertz CT molecular complexity index is 932. The molecule has 0 saturated heterocycles. The van der Waals surface area contributed by atoms with E-state index in [1.165, 1.54) is 5.56 Å². The molecule has 0 radical (unpaired) electrons. The molecule has 1 N–H and O–H groups in total. The zero-order valence-corrected chi connectivity index (χ0v) is 15.9. The number of carbonyl (C=O) groups is 1. The Morgan fingerprint density at radius 3 is 2.63 bits per heavy atom. The number of benzene rings is 2. The fourth-order valence-electron chi connectivity index (χ4n) is 2.66. The van der Waals surface area contributed by atoms with Crippen molar-refractivity contribution in [3.63, 3.8) is 0 Å². The quantitative estimate of drug-likeness (QED) is 0.676. The number of methoxy groups -OCH3 is 1. The summed E-state index contributed by atoms with van der Waals surface area (Å²) < 4.78 is 5.12. The summed E-state index contributed by atoms with van der Waals surface area (Å²) in [6.07, 6.45) is 3.28. The number of anilines is 2. The van der Waals surface area contributed by atoms with Crippen LogP contribution in [0.1, 0.15) is 15.9 Å². The molecule has 5 nitrogen and oxygen atoms in total. The Kier molecular flexibility index (Phi) is 5.94. The molecule has 0 bridgehead atoms. The summed E-state index contributed by atoms with van der Waals surface area (Å²) in [5, 5.41) is 3.26. The maximum atomic E-state index is 12.6. The minimum Gasteiger partial charge on any atom is -0.495 e. The molecule has 0 aliphatic heterocycles. The van der Waals surface area contributed by atoms with E-state index in [-0.39, 0.29) is 5.91 Å². The average molecular weight is 382 g/mol. The highest BCUT2D eigenvalue weighted by Crippen LogP contribution is 2.27. The molecule has 6 heteroatoms. The van der Waals surface area contributed by atoms with E-state index in [4.69, 9.17) is 16.3 Å². The van der Waals surface area contributed by atoms with Crippen LogP contribution in [0.2, 0.25) is 5.02 Å². The molecule has 0 saturated carbocycles. The Hall–Kier alpha value is -3.05. The number of hydrogen-bond donors (Lipinski definition) is 1. The molecule has 3 rings (SSSR count). The van der Waals surface area contributed by atoms with E-state index in [1.807, 2.05) is 36.2 Å². The standard InChI is InChI=1S/C21H20ClN3O2/c1-25(14-15-6-4-3-5-7-15)18-10-16(12-23-13-18)21(26)24-17-8-9-20(27-2)19(22)11-17/h3-13H,14H2,1-2H3,(H,24,26). The first-order valence-corrected chi connectivity index (χ1v) is 8.79. The highest BCUT2D eigenvalue weighted by molar-refractivity contribution is 6.32. The van der Waals surface area contributed by atoms with Gasteiger partial charge in [-0.3, -0.25) is 9.78 Å². The third-order valence-electron chi connectivity index (χ3n) is 4.10. The van der Waals surface area contributed by atoms with E-state index in [1.54, 1.807) is 37.7 Å². The summed E-state index contributed by atoms with van der Waals surface area (Å²) in [6, 6.07) is 17.0. The Morgan fingerprint density at radius 2 is 1.93 bits per heavy atom. The van der Waals surface area contributed by atoms with E-state index >= 15 is 0 Å². The Labute approximate surface area is 163 Å². The van der Waals surface area contributed by atoms with Crippen LogP contribution in [0.25, 0.3) is 0 Å². The summed E-state index contributed by atoms with van der Waals surface area (Å²) in [5.41, 5.74) is 3.11. The maximum Gasteiger partial charge on any atom is 0.257 e. The van der Waals surface area contributed by atoms with Gasteiger partial charge in [0.2, 0.25) is 0 Å². The average Bonchev–Trinajstić information content (AvgIpc) is 2.69. The molecule has 3 aromatic rings. The third kappa shape index (κ3) is 4.77. The number of hydrogen-bond acceptors (Lipinski definition) is 4. The first-order valence-electron chi connectivity index (χ1n) is 8.42. The fraction of sp³-hybridized carbons (Fsp3) is 0.143. The molecule has 0 aliphatic rings. The largest absolute Gasteiger partial charge is 0.495 e. The van der Waals surface area contributed by atoms with Gasteiger partial charge >= 0.3 is 0 Å². The molecular formula is C21H20ClN3O2. The van der Waals surface area contributed by atoms with Crippen LogP contribution in [0.4, 0.5) is 11.4 Å². The number of nitrogens with one attached hydrogen (secondary N) is 1. The minimum atomic E-state index is -0.251. The molecule has 1 aromatic heterocycles. The highest BCUT2D eigenvalue weighted by Gasteiger charge is 2.11. The van der Waals surface area contributed by atoms with E-state index in [9.17, 15) is 4.79 Å². The van der Waals surface area contributed by atoms with Gasteiger partial charge < -0.3 is 15.0 Å². The number of rotatable bonds is 6. The van der Waals surface area contributed by atoms with Crippen LogP contribution < -0.4 is 15.0 Å². The molecule has 1 amide bonds. The van der Waals surface area contributed by atoms with E-state index in [0.717, 1.165) is 12.2 Å². The van der Waals surface area contributed by atoms with Crippen molar-refractivity contribution < 1.29 is 9.53 Å². The molecule has 27 heavy (non-hydrogen) atoms. The van der Waals surface area contributed by atoms with E-state index in [2.05, 4.69) is 22.4 Å². The zero-order chi connectivity index (χ0) is 19.2. The summed E-state index contributed by atoms with van der Waals surface area (Å²) in [6.45, 7) is 0.724. The van der Waals surface area contributed by atoms with Crippen molar-refractivity contribution in [3.05, 3.63) is 83.1 Å². The lowest BCUT2D eigenvalue weighted by Crippen LogP contribution is -2.18. The first kappa shape index (κ1) is 18.7. The molecule has 0 aliphatic carbocycles. The summed E-state index contributed by atoms with van der Waals surface area (Å²) in [5.74, 6) is 0.305. The van der Waals surface area contributed by atoms with Gasteiger partial charge in [-0.05, 0) is 29.8 Å². The monoisotopic (exact) mass is 381 g/mol. The predicted molar refractivity (Wildman–Crippen MR) is 109 cm³/mol. The molecule has 0 atom stereocenters. The topological polar surface area (TPSA) is 54.5 Å². The van der Waals surface area contributed by atoms with Crippen LogP contribution >= 0.6 is 11.6 Å². The Balaban J connectivity index is 1.72. The second-order valence-corrected chi connectivity index (χ2v) is 6.48. The lowest BCUT2D eigenvalue weighted by atomic mass is 10.2. The summed E-state index contributed by atoms with van der Waals surface area (Å²) in [4.78, 5) is 18.8. The van der Waals surface area contributed by atoms with Gasteiger partial charge in [-0.1, -0.05) is 41.9 Å². The van der Waals surface area contributed by atoms with Crippen molar-refractivity contribution in [2.75, 3.05) is 24.4 Å². The lowest BCUT2D eigenvalue weighted by molar-refractivity contribution is 0.102. The number of ether oxygens (including phenoxy) is 1. The molecule has 0 fully saturated rings. The van der Waals surface area contributed by atoms with Crippen molar-refractivity contribution >= 4 is 28.9 Å². The van der Waals surface area contributed by atoms with Gasteiger partial charge in [-0.2, -0.15) is 0 Å². The van der Waals surface area contributed by atoms with Crippen LogP contribution in [0.5, 0.6) is 5.75 Å². The van der Waals surface area contributed by atoms with Crippen molar-refractivity contribution in [1.29, 1.82) is 0 Å². The van der Waals surface area contributed by atoms with Gasteiger partial charge in [-0.25, -0.2) is 0 Å². The van der Waals surface area contributed by atoms with Crippen molar-refractivity contribution in [1.82, 2.24) is 4.98 Å². The number of halogens is 1. The van der Waals surface area contributed by atoms with E-state index < -0.39 is 0 Å². The van der Waals surface area contributed by atoms with Gasteiger partial charge in [0, 0.05) is 25.5 Å². The SMILES string of the molecule is COc1ccc(NC(=O)c2cncc(N(C)Cc3ccccc3)c2)cc1Cl. The molecule has 138 valence electrons. The van der Waals surface area contributed by atoms with Crippen LogP contribution in [0, 0.1) is 0 Å². The van der Waals surface area contributed by atoms with Gasteiger partial charge in [-0.15, -0.1) is 0 Å². The van der Waals surface area contributed by atoms with Crippen molar-refractivity contribution in [2.45, 2.75) is 6.54 Å². The molecule has 1 heterocycles. The second-order valence-electron chi connectivity index (χ2n) is 6.08. The zero-order valence-electron chi connectivity index (χ0n) is 15.1. The minimum absolute atomic E-state index is 0.251. The molecule has 0 spiro atoms. The van der Waals surface area contributed by atoms with E-state index in [0.29, 0.717) is 22.0 Å². The highest BCUT2D eigenvalue weighted by atomic mass is 35.5. The summed E-state index contributed by atoms with van der Waals surface area (Å²) in [7, 11) is 3.51. The third-order valence-corrected chi connectivity index (χ3v) is 4.39. The van der Waals surface area contributed by atoms with Crippen LogP contribution in [0.3, 0.4) is 0 Å². The van der Waals surface area contributed by atoms with Crippen LogP contribution in [0.15, 0.2) is 67.0 Å². The normalized spacial score (nSPS) is 10.3. The number of amides is 1. The van der Waals surface area contributed by atoms with Gasteiger partial charge in [0.15, 0.2) is 0 Å². The van der Waals surface area contributed by atoms with Crippen molar-refractivity contribution in [3.8, 4) is 5.75 Å². The number of aromatic nitrogens is 1. The number of nitrogens with zero attached hydrogens (tertiary/aromatic N) is 2. The van der Waals surface area contributed by atoms with Gasteiger partial charge in [0.1, 0.15) is 5.75 Å². The molecule has 0 unspecified atom stereocenters.